The van der Waals surface area contributed by atoms with Gasteiger partial charge in [-0.2, -0.15) is 0 Å². The van der Waals surface area contributed by atoms with Gasteiger partial charge in [0.2, 0.25) is 5.91 Å². The number of nitrogens with one attached hydrogen (secondary N) is 3. The quantitative estimate of drug-likeness (QED) is 0.747. The van der Waals surface area contributed by atoms with Crippen LogP contribution in [0.4, 0.5) is 0 Å². The molecule has 1 atom stereocenters. The van der Waals surface area contributed by atoms with E-state index in [-0.39, 0.29) is 11.9 Å². The van der Waals surface area contributed by atoms with Gasteiger partial charge in [-0.15, -0.1) is 0 Å². The lowest BCUT2D eigenvalue weighted by molar-refractivity contribution is -0.137. The summed E-state index contributed by atoms with van der Waals surface area (Å²) in [6.07, 6.45) is 9.10. The van der Waals surface area contributed by atoms with E-state index in [1.165, 1.54) is 12.8 Å². The maximum Gasteiger partial charge on any atom is 0.240 e. The normalized spacial score (nSPS) is 26.1. The number of nitrogens with zero attached hydrogens (tertiary/aromatic N) is 2. The van der Waals surface area contributed by atoms with Crippen LogP contribution in [0.1, 0.15) is 37.7 Å². The maximum absolute atomic E-state index is 13.5. The summed E-state index contributed by atoms with van der Waals surface area (Å²) in [7, 11) is 0. The highest BCUT2D eigenvalue weighted by atomic mass is 16.2. The van der Waals surface area contributed by atoms with E-state index in [2.05, 4.69) is 31.9 Å². The molecule has 3 aliphatic rings. The molecule has 0 radical (unpaired) electrons. The van der Waals surface area contributed by atoms with Crippen LogP contribution in [0, 0.1) is 5.41 Å². The van der Waals surface area contributed by atoms with Crippen molar-refractivity contribution in [2.45, 2.75) is 50.7 Å². The zero-order valence-electron chi connectivity index (χ0n) is 15.5. The summed E-state index contributed by atoms with van der Waals surface area (Å²) in [6.45, 7) is 5.80. The van der Waals surface area contributed by atoms with Gasteiger partial charge in [0.1, 0.15) is 0 Å². The average molecular weight is 358 g/mol. The van der Waals surface area contributed by atoms with Crippen molar-refractivity contribution in [3.63, 3.8) is 0 Å². The van der Waals surface area contributed by atoms with Crippen molar-refractivity contribution in [1.29, 1.82) is 0 Å². The van der Waals surface area contributed by atoms with Crippen molar-refractivity contribution in [3.05, 3.63) is 30.1 Å². The molecule has 6 nitrogen and oxygen atoms in total. The molecule has 3 aliphatic heterocycles. The second kappa shape index (κ2) is 8.03. The van der Waals surface area contributed by atoms with E-state index in [0.717, 1.165) is 57.5 Å². The van der Waals surface area contributed by atoms with Crippen molar-refractivity contribution >= 4 is 5.91 Å². The molecule has 1 spiro atoms. The lowest BCUT2D eigenvalue weighted by Crippen LogP contribution is -2.51. The van der Waals surface area contributed by atoms with Crippen LogP contribution in [-0.2, 0) is 11.3 Å². The summed E-state index contributed by atoms with van der Waals surface area (Å²) >= 11 is 0. The molecule has 0 aromatic carbocycles. The van der Waals surface area contributed by atoms with Crippen LogP contribution in [0.25, 0.3) is 0 Å². The number of carbonyl (C=O) groups is 1. The van der Waals surface area contributed by atoms with E-state index in [1.807, 2.05) is 12.3 Å². The second-order valence-electron chi connectivity index (χ2n) is 8.20. The van der Waals surface area contributed by atoms with Gasteiger partial charge in [-0.1, -0.05) is 6.07 Å². The third-order valence-corrected chi connectivity index (χ3v) is 6.43. The van der Waals surface area contributed by atoms with E-state index in [9.17, 15) is 4.79 Å². The summed E-state index contributed by atoms with van der Waals surface area (Å²) < 4.78 is 0. The molecule has 1 aromatic rings. The number of pyridine rings is 1. The molecule has 1 amide bonds. The summed E-state index contributed by atoms with van der Waals surface area (Å²) in [5, 5.41) is 10.4. The first-order valence-electron chi connectivity index (χ1n) is 10.1. The average Bonchev–Trinajstić information content (AvgIpc) is 3.11. The van der Waals surface area contributed by atoms with Crippen LogP contribution >= 0.6 is 0 Å². The standard InChI is InChI=1S/C20H31N5O/c26-19(18-12-20(15-24-18)5-10-22-11-6-20)25(17-3-8-21-9-4-17)14-16-2-1-7-23-13-16/h1-2,7,13,17-18,21-22,24H,3-6,8-12,14-15H2/t18-/m0/s1. The van der Waals surface area contributed by atoms with Crippen LogP contribution in [-0.4, -0.2) is 60.6 Å². The highest BCUT2D eigenvalue weighted by molar-refractivity contribution is 5.82. The Hall–Kier alpha value is -1.50. The zero-order valence-corrected chi connectivity index (χ0v) is 15.5. The summed E-state index contributed by atoms with van der Waals surface area (Å²) in [4.78, 5) is 19.9. The lowest BCUT2D eigenvalue weighted by atomic mass is 9.77. The van der Waals surface area contributed by atoms with Crippen LogP contribution in [0.5, 0.6) is 0 Å². The van der Waals surface area contributed by atoms with Crippen LogP contribution < -0.4 is 16.0 Å². The molecule has 3 N–H and O–H groups in total. The Morgan fingerprint density at radius 3 is 2.69 bits per heavy atom. The second-order valence-corrected chi connectivity index (χ2v) is 8.20. The van der Waals surface area contributed by atoms with Crippen molar-refractivity contribution in [2.75, 3.05) is 32.7 Å². The highest BCUT2D eigenvalue weighted by Crippen LogP contribution is 2.38. The van der Waals surface area contributed by atoms with E-state index >= 15 is 0 Å². The molecular weight excluding hydrogens is 326 g/mol. The number of carbonyl (C=O) groups excluding carboxylic acids is 1. The van der Waals surface area contributed by atoms with Crippen LogP contribution in [0.3, 0.4) is 0 Å². The minimum Gasteiger partial charge on any atom is -0.334 e. The summed E-state index contributed by atoms with van der Waals surface area (Å²) in [5.41, 5.74) is 1.44. The topological polar surface area (TPSA) is 69.3 Å². The molecule has 6 heteroatoms. The molecule has 1 aromatic heterocycles. The molecule has 4 heterocycles. The Labute approximate surface area is 156 Å². The predicted octanol–water partition coefficient (Wildman–Crippen LogP) is 0.894. The molecule has 3 fully saturated rings. The number of piperidine rings is 2. The van der Waals surface area contributed by atoms with Gasteiger partial charge in [0.25, 0.3) is 0 Å². The van der Waals surface area contributed by atoms with Gasteiger partial charge < -0.3 is 20.9 Å². The predicted molar refractivity (Wildman–Crippen MR) is 102 cm³/mol. The van der Waals surface area contributed by atoms with Gasteiger partial charge in [-0.25, -0.2) is 0 Å². The largest absolute Gasteiger partial charge is 0.334 e. The first kappa shape index (κ1) is 17.9. The molecule has 0 unspecified atom stereocenters. The molecule has 26 heavy (non-hydrogen) atoms. The maximum atomic E-state index is 13.5. The lowest BCUT2D eigenvalue weighted by Gasteiger charge is -2.37. The Balaban J connectivity index is 1.48. The number of hydrogen-bond acceptors (Lipinski definition) is 5. The molecular formula is C20H31N5O. The van der Waals surface area contributed by atoms with Crippen LogP contribution in [0.15, 0.2) is 24.5 Å². The van der Waals surface area contributed by atoms with E-state index < -0.39 is 0 Å². The van der Waals surface area contributed by atoms with E-state index in [0.29, 0.717) is 18.0 Å². The zero-order chi connectivity index (χ0) is 17.8. The van der Waals surface area contributed by atoms with E-state index in [1.54, 1.807) is 6.20 Å². The molecule has 0 saturated carbocycles. The number of amides is 1. The van der Waals surface area contributed by atoms with Crippen molar-refractivity contribution < 1.29 is 4.79 Å². The fraction of sp³-hybridized carbons (Fsp3) is 0.700. The number of hydrogen-bond donors (Lipinski definition) is 3. The third kappa shape index (κ3) is 3.92. The SMILES string of the molecule is O=C([C@@H]1CC2(CCNCC2)CN1)N(Cc1cccnc1)C1CCNCC1. The Kier molecular flexibility index (Phi) is 5.52. The van der Waals surface area contributed by atoms with Crippen molar-refractivity contribution in [3.8, 4) is 0 Å². The Bertz CT molecular complexity index is 595. The van der Waals surface area contributed by atoms with Gasteiger partial charge in [0, 0.05) is 31.5 Å². The minimum absolute atomic E-state index is 0.0281. The number of aromatic nitrogens is 1. The van der Waals surface area contributed by atoms with Gasteiger partial charge >= 0.3 is 0 Å². The third-order valence-electron chi connectivity index (χ3n) is 6.43. The first-order chi connectivity index (χ1) is 12.8. The Morgan fingerprint density at radius 1 is 1.19 bits per heavy atom. The smallest absolute Gasteiger partial charge is 0.240 e. The molecule has 4 rings (SSSR count). The molecule has 142 valence electrons. The highest BCUT2D eigenvalue weighted by Gasteiger charge is 2.44. The summed E-state index contributed by atoms with van der Waals surface area (Å²) in [5.74, 6) is 0.288. The van der Waals surface area contributed by atoms with Crippen molar-refractivity contribution in [2.24, 2.45) is 5.41 Å². The van der Waals surface area contributed by atoms with Crippen LogP contribution in [0.2, 0.25) is 0 Å². The molecule has 0 bridgehead atoms. The fourth-order valence-corrected chi connectivity index (χ4v) is 4.82. The summed E-state index contributed by atoms with van der Waals surface area (Å²) in [6, 6.07) is 4.33. The van der Waals surface area contributed by atoms with Gasteiger partial charge in [0.05, 0.1) is 6.04 Å². The monoisotopic (exact) mass is 357 g/mol. The van der Waals surface area contributed by atoms with E-state index in [4.69, 9.17) is 0 Å². The molecule has 3 saturated heterocycles. The van der Waals surface area contributed by atoms with Gasteiger partial charge in [-0.05, 0) is 75.3 Å². The fourth-order valence-electron chi connectivity index (χ4n) is 4.82. The molecule has 0 aliphatic carbocycles. The first-order valence-corrected chi connectivity index (χ1v) is 10.1. The number of rotatable bonds is 4. The van der Waals surface area contributed by atoms with Gasteiger partial charge in [-0.3, -0.25) is 9.78 Å². The van der Waals surface area contributed by atoms with Crippen molar-refractivity contribution in [1.82, 2.24) is 25.8 Å². The van der Waals surface area contributed by atoms with Gasteiger partial charge in [0.15, 0.2) is 0 Å². The minimum atomic E-state index is -0.0281. The Morgan fingerprint density at radius 2 is 1.96 bits per heavy atom.